The third-order valence-electron chi connectivity index (χ3n) is 2.33. The number of aromatic hydroxyl groups is 1. The molecule has 110 valence electrons. The summed E-state index contributed by atoms with van der Waals surface area (Å²) in [6.45, 7) is 0. The van der Waals surface area contributed by atoms with Crippen molar-refractivity contribution in [3.63, 3.8) is 0 Å². The molecule has 0 fully saturated rings. The summed E-state index contributed by atoms with van der Waals surface area (Å²) in [6.07, 6.45) is -5.76. The van der Waals surface area contributed by atoms with Gasteiger partial charge in [0.15, 0.2) is 11.5 Å². The molecule has 0 spiro atoms. The number of hydrogen-bond acceptors (Lipinski definition) is 3. The van der Waals surface area contributed by atoms with Gasteiger partial charge in [0.25, 0.3) is 0 Å². The van der Waals surface area contributed by atoms with E-state index in [9.17, 15) is 27.1 Å². The highest BCUT2D eigenvalue weighted by molar-refractivity contribution is 5.85. The monoisotopic (exact) mass is 307 g/mol. The van der Waals surface area contributed by atoms with Gasteiger partial charge in [0.2, 0.25) is 0 Å². The van der Waals surface area contributed by atoms with Crippen LogP contribution in [-0.4, -0.2) is 24.3 Å². The van der Waals surface area contributed by atoms with Crippen LogP contribution in [-0.2, 0) is 0 Å². The number of phenolic OH excluding ortho intramolecular Hbond substituents is 1. The number of methoxy groups -OCH3 is 1. The Morgan fingerprint density at radius 3 is 2.11 bits per heavy atom. The number of halogens is 6. The van der Waals surface area contributed by atoms with Crippen molar-refractivity contribution in [2.75, 3.05) is 7.11 Å². The van der Waals surface area contributed by atoms with Gasteiger partial charge < -0.3 is 15.6 Å². The number of alkyl halides is 5. The SMILES string of the molecule is COc1ccc([C@@H](N)C(F)(F)C(F)(F)F)cc1O.Cl. The van der Waals surface area contributed by atoms with E-state index in [0.29, 0.717) is 6.07 Å². The first-order valence-electron chi connectivity index (χ1n) is 4.68. The van der Waals surface area contributed by atoms with Crippen molar-refractivity contribution in [1.29, 1.82) is 0 Å². The molecule has 0 amide bonds. The van der Waals surface area contributed by atoms with E-state index in [1.165, 1.54) is 7.11 Å². The maximum absolute atomic E-state index is 13.0. The van der Waals surface area contributed by atoms with Crippen LogP contribution in [0.3, 0.4) is 0 Å². The first kappa shape index (κ1) is 17.7. The van der Waals surface area contributed by atoms with Crippen LogP contribution in [0.1, 0.15) is 11.6 Å². The van der Waals surface area contributed by atoms with Crippen LogP contribution in [0.15, 0.2) is 18.2 Å². The molecule has 0 aromatic heterocycles. The second-order valence-electron chi connectivity index (χ2n) is 3.53. The Hall–Kier alpha value is -1.28. The van der Waals surface area contributed by atoms with Gasteiger partial charge in [-0.2, -0.15) is 22.0 Å². The molecule has 19 heavy (non-hydrogen) atoms. The average molecular weight is 308 g/mol. The van der Waals surface area contributed by atoms with E-state index in [-0.39, 0.29) is 18.2 Å². The molecule has 1 aromatic carbocycles. The van der Waals surface area contributed by atoms with E-state index in [0.717, 1.165) is 12.1 Å². The zero-order valence-corrected chi connectivity index (χ0v) is 10.4. The number of nitrogens with two attached hydrogens (primary N) is 1. The number of hydrogen-bond donors (Lipinski definition) is 2. The lowest BCUT2D eigenvalue weighted by atomic mass is 10.0. The Labute approximate surface area is 111 Å². The van der Waals surface area contributed by atoms with Gasteiger partial charge >= 0.3 is 12.1 Å². The Kier molecular flexibility index (Phi) is 5.40. The van der Waals surface area contributed by atoms with Gasteiger partial charge in [-0.15, -0.1) is 12.4 Å². The zero-order chi connectivity index (χ0) is 14.1. The molecule has 0 saturated carbocycles. The molecule has 0 aliphatic rings. The fourth-order valence-corrected chi connectivity index (χ4v) is 1.29. The van der Waals surface area contributed by atoms with Crippen molar-refractivity contribution in [3.05, 3.63) is 23.8 Å². The van der Waals surface area contributed by atoms with Crippen molar-refractivity contribution < 1.29 is 31.8 Å². The van der Waals surface area contributed by atoms with E-state index in [4.69, 9.17) is 5.73 Å². The van der Waals surface area contributed by atoms with E-state index in [2.05, 4.69) is 4.74 Å². The first-order chi connectivity index (χ1) is 8.11. The summed E-state index contributed by atoms with van der Waals surface area (Å²) in [7, 11) is 1.21. The van der Waals surface area contributed by atoms with Gasteiger partial charge in [-0.3, -0.25) is 0 Å². The first-order valence-corrected chi connectivity index (χ1v) is 4.68. The van der Waals surface area contributed by atoms with Gasteiger partial charge in [-0.1, -0.05) is 6.07 Å². The van der Waals surface area contributed by atoms with Crippen LogP contribution in [0.2, 0.25) is 0 Å². The van der Waals surface area contributed by atoms with Crippen LogP contribution in [0, 0.1) is 0 Å². The summed E-state index contributed by atoms with van der Waals surface area (Å²) < 4.78 is 66.8. The van der Waals surface area contributed by atoms with E-state index >= 15 is 0 Å². The quantitative estimate of drug-likeness (QED) is 0.844. The standard InChI is InChI=1S/C10H10F5NO2.ClH/c1-18-7-3-2-5(4-6(7)17)8(16)9(11,12)10(13,14)15;/h2-4,8,17H,16H2,1H3;1H/t8-;/m1./s1. The van der Waals surface area contributed by atoms with Crippen molar-refractivity contribution in [3.8, 4) is 11.5 Å². The van der Waals surface area contributed by atoms with Crippen molar-refractivity contribution in [2.24, 2.45) is 5.73 Å². The molecule has 9 heteroatoms. The Morgan fingerprint density at radius 2 is 1.74 bits per heavy atom. The van der Waals surface area contributed by atoms with Crippen LogP contribution >= 0.6 is 12.4 Å². The number of phenols is 1. The molecular weight excluding hydrogens is 297 g/mol. The lowest BCUT2D eigenvalue weighted by Crippen LogP contribution is -2.45. The van der Waals surface area contributed by atoms with Crippen LogP contribution in [0.5, 0.6) is 11.5 Å². The fourth-order valence-electron chi connectivity index (χ4n) is 1.29. The molecular formula is C10H11ClF5NO2. The van der Waals surface area contributed by atoms with Gasteiger partial charge in [-0.05, 0) is 17.7 Å². The molecule has 1 atom stereocenters. The second-order valence-corrected chi connectivity index (χ2v) is 3.53. The lowest BCUT2D eigenvalue weighted by molar-refractivity contribution is -0.291. The summed E-state index contributed by atoms with van der Waals surface area (Å²) in [5.41, 5.74) is 4.35. The number of rotatable bonds is 3. The molecule has 0 aliphatic carbocycles. The topological polar surface area (TPSA) is 55.5 Å². The lowest BCUT2D eigenvalue weighted by Gasteiger charge is -2.26. The zero-order valence-electron chi connectivity index (χ0n) is 9.54. The van der Waals surface area contributed by atoms with Gasteiger partial charge in [0.1, 0.15) is 6.04 Å². The van der Waals surface area contributed by atoms with E-state index < -0.39 is 29.5 Å². The summed E-state index contributed by atoms with van der Waals surface area (Å²) >= 11 is 0. The fraction of sp³-hybridized carbons (Fsp3) is 0.400. The third-order valence-corrected chi connectivity index (χ3v) is 2.33. The summed E-state index contributed by atoms with van der Waals surface area (Å²) in [4.78, 5) is 0. The molecule has 0 radical (unpaired) electrons. The molecule has 0 unspecified atom stereocenters. The molecule has 0 heterocycles. The number of ether oxygens (including phenoxy) is 1. The Bertz CT molecular complexity index is 438. The minimum Gasteiger partial charge on any atom is -0.504 e. The molecule has 0 saturated heterocycles. The third kappa shape index (κ3) is 3.38. The Balaban J connectivity index is 0.00000324. The van der Waals surface area contributed by atoms with Gasteiger partial charge in [0, 0.05) is 0 Å². The maximum atomic E-state index is 13.0. The van der Waals surface area contributed by atoms with Crippen LogP contribution in [0.4, 0.5) is 22.0 Å². The summed E-state index contributed by atoms with van der Waals surface area (Å²) in [6, 6.07) is 0.0949. The van der Waals surface area contributed by atoms with Gasteiger partial charge in [-0.25, -0.2) is 0 Å². The maximum Gasteiger partial charge on any atom is 0.455 e. The minimum atomic E-state index is -5.76. The molecule has 3 nitrogen and oxygen atoms in total. The summed E-state index contributed by atoms with van der Waals surface area (Å²) in [5.74, 6) is -5.71. The highest BCUT2D eigenvalue weighted by atomic mass is 35.5. The van der Waals surface area contributed by atoms with Crippen LogP contribution in [0.25, 0.3) is 0 Å². The number of benzene rings is 1. The molecule has 1 rings (SSSR count). The highest BCUT2D eigenvalue weighted by Crippen LogP contribution is 2.44. The average Bonchev–Trinajstić information content (AvgIpc) is 2.26. The molecule has 0 aliphatic heterocycles. The minimum absolute atomic E-state index is 0. The Morgan fingerprint density at radius 1 is 1.21 bits per heavy atom. The van der Waals surface area contributed by atoms with Crippen LogP contribution < -0.4 is 10.5 Å². The second kappa shape index (κ2) is 5.79. The molecule has 1 aromatic rings. The van der Waals surface area contributed by atoms with E-state index in [1.54, 1.807) is 0 Å². The largest absolute Gasteiger partial charge is 0.504 e. The van der Waals surface area contributed by atoms with Gasteiger partial charge in [0.05, 0.1) is 7.11 Å². The van der Waals surface area contributed by atoms with Crippen molar-refractivity contribution in [2.45, 2.75) is 18.1 Å². The van der Waals surface area contributed by atoms with E-state index in [1.807, 2.05) is 0 Å². The molecule has 3 N–H and O–H groups in total. The molecule has 0 bridgehead atoms. The highest BCUT2D eigenvalue weighted by Gasteiger charge is 2.61. The van der Waals surface area contributed by atoms with Crippen molar-refractivity contribution >= 4 is 12.4 Å². The summed E-state index contributed by atoms with van der Waals surface area (Å²) in [5, 5.41) is 9.30. The predicted molar refractivity (Wildman–Crippen MR) is 59.8 cm³/mol. The van der Waals surface area contributed by atoms with Crippen molar-refractivity contribution in [1.82, 2.24) is 0 Å². The predicted octanol–water partition coefficient (Wildman–Crippen LogP) is 3.02. The smallest absolute Gasteiger partial charge is 0.455 e. The normalized spacial score (nSPS) is 13.6.